The van der Waals surface area contributed by atoms with Crippen LogP contribution in [-0.2, 0) is 11.2 Å². The van der Waals surface area contributed by atoms with E-state index in [1.807, 2.05) is 39.0 Å². The van der Waals surface area contributed by atoms with Crippen molar-refractivity contribution in [2.24, 2.45) is 5.41 Å². The standard InChI is InChI=1S/C17H25NO4/c1-16(2,3)22-15(20)18-13-6-5-12(9-14(13)21-4)10-17(11-19)7-8-17/h5-6,9,19H,7-8,10-11H2,1-4H3,(H,18,20). The summed E-state index contributed by atoms with van der Waals surface area (Å²) in [6.45, 7) is 5.66. The van der Waals surface area contributed by atoms with E-state index in [9.17, 15) is 9.90 Å². The molecule has 2 N–H and O–H groups in total. The van der Waals surface area contributed by atoms with E-state index in [4.69, 9.17) is 9.47 Å². The number of benzene rings is 1. The minimum atomic E-state index is -0.545. The lowest BCUT2D eigenvalue weighted by Crippen LogP contribution is -2.27. The monoisotopic (exact) mass is 307 g/mol. The maximum absolute atomic E-state index is 11.8. The Morgan fingerprint density at radius 3 is 2.55 bits per heavy atom. The Hall–Kier alpha value is -1.75. The summed E-state index contributed by atoms with van der Waals surface area (Å²) in [4.78, 5) is 11.8. The lowest BCUT2D eigenvalue weighted by atomic mass is 9.97. The van der Waals surface area contributed by atoms with Crippen LogP contribution in [0.5, 0.6) is 5.75 Å². The molecule has 1 aliphatic carbocycles. The normalized spacial score (nSPS) is 16.0. The maximum atomic E-state index is 11.8. The van der Waals surface area contributed by atoms with Crippen molar-refractivity contribution in [3.05, 3.63) is 23.8 Å². The van der Waals surface area contributed by atoms with Gasteiger partial charge in [-0.05, 0) is 63.1 Å². The van der Waals surface area contributed by atoms with Gasteiger partial charge in [-0.15, -0.1) is 0 Å². The first-order valence-corrected chi connectivity index (χ1v) is 7.55. The molecule has 0 atom stereocenters. The molecule has 1 saturated carbocycles. The second kappa shape index (κ2) is 6.16. The van der Waals surface area contributed by atoms with Crippen LogP contribution in [0, 0.1) is 5.41 Å². The van der Waals surface area contributed by atoms with Crippen molar-refractivity contribution in [2.75, 3.05) is 19.0 Å². The molecule has 0 heterocycles. The van der Waals surface area contributed by atoms with Crippen molar-refractivity contribution in [1.29, 1.82) is 0 Å². The molecule has 5 heteroatoms. The highest BCUT2D eigenvalue weighted by Gasteiger charge is 2.41. The van der Waals surface area contributed by atoms with Gasteiger partial charge in [0.2, 0.25) is 0 Å². The highest BCUT2D eigenvalue weighted by Crippen LogP contribution is 2.48. The third-order valence-corrected chi connectivity index (χ3v) is 3.77. The number of ether oxygens (including phenoxy) is 2. The minimum absolute atomic E-state index is 0.0467. The van der Waals surface area contributed by atoms with Gasteiger partial charge in [-0.3, -0.25) is 5.32 Å². The fourth-order valence-electron chi connectivity index (χ4n) is 2.36. The minimum Gasteiger partial charge on any atom is -0.495 e. The number of hydrogen-bond acceptors (Lipinski definition) is 4. The van der Waals surface area contributed by atoms with Crippen LogP contribution >= 0.6 is 0 Å². The van der Waals surface area contributed by atoms with Crippen molar-refractivity contribution in [3.8, 4) is 5.75 Å². The Morgan fingerprint density at radius 1 is 1.36 bits per heavy atom. The zero-order valence-corrected chi connectivity index (χ0v) is 13.7. The molecule has 0 spiro atoms. The molecule has 0 aliphatic heterocycles. The molecule has 0 bridgehead atoms. The van der Waals surface area contributed by atoms with Gasteiger partial charge in [0.15, 0.2) is 0 Å². The molecular formula is C17H25NO4. The maximum Gasteiger partial charge on any atom is 0.412 e. The molecule has 1 fully saturated rings. The Balaban J connectivity index is 2.07. The molecule has 1 aliphatic rings. The van der Waals surface area contributed by atoms with Crippen LogP contribution in [-0.4, -0.2) is 30.5 Å². The predicted molar refractivity (Wildman–Crippen MR) is 85.3 cm³/mol. The van der Waals surface area contributed by atoms with Crippen molar-refractivity contribution >= 4 is 11.8 Å². The summed E-state index contributed by atoms with van der Waals surface area (Å²) in [6, 6.07) is 5.67. The number of nitrogens with one attached hydrogen (secondary N) is 1. The number of aliphatic hydroxyl groups is 1. The van der Waals surface area contributed by atoms with Gasteiger partial charge < -0.3 is 14.6 Å². The second-order valence-electron chi connectivity index (χ2n) is 7.00. The smallest absolute Gasteiger partial charge is 0.412 e. The van der Waals surface area contributed by atoms with Crippen LogP contribution in [0.1, 0.15) is 39.2 Å². The Morgan fingerprint density at radius 2 is 2.05 bits per heavy atom. The molecule has 22 heavy (non-hydrogen) atoms. The fraction of sp³-hybridized carbons (Fsp3) is 0.588. The molecule has 1 amide bonds. The SMILES string of the molecule is COc1cc(CC2(CO)CC2)ccc1NC(=O)OC(C)(C)C. The highest BCUT2D eigenvalue weighted by molar-refractivity contribution is 5.87. The van der Waals surface area contributed by atoms with Gasteiger partial charge in [-0.1, -0.05) is 6.07 Å². The van der Waals surface area contributed by atoms with Gasteiger partial charge in [0.25, 0.3) is 0 Å². The number of hydrogen-bond donors (Lipinski definition) is 2. The lowest BCUT2D eigenvalue weighted by molar-refractivity contribution is 0.0635. The number of anilines is 1. The summed E-state index contributed by atoms with van der Waals surface area (Å²) >= 11 is 0. The van der Waals surface area contributed by atoms with E-state index in [0.717, 1.165) is 24.8 Å². The van der Waals surface area contributed by atoms with Gasteiger partial charge >= 0.3 is 6.09 Å². The largest absolute Gasteiger partial charge is 0.495 e. The van der Waals surface area contributed by atoms with E-state index < -0.39 is 11.7 Å². The first kappa shape index (κ1) is 16.6. The Labute approximate surface area is 131 Å². The lowest BCUT2D eigenvalue weighted by Gasteiger charge is -2.20. The van der Waals surface area contributed by atoms with Crippen LogP contribution in [0.2, 0.25) is 0 Å². The predicted octanol–water partition coefficient (Wildman–Crippen LogP) is 3.36. The molecule has 1 aromatic carbocycles. The molecule has 2 rings (SSSR count). The van der Waals surface area contributed by atoms with Gasteiger partial charge in [0, 0.05) is 6.61 Å². The van der Waals surface area contributed by atoms with Gasteiger partial charge in [0.1, 0.15) is 11.4 Å². The van der Waals surface area contributed by atoms with Crippen LogP contribution in [0.15, 0.2) is 18.2 Å². The Kier molecular flexibility index (Phi) is 4.66. The summed E-state index contributed by atoms with van der Waals surface area (Å²) in [5.74, 6) is 0.595. The average Bonchev–Trinajstić information content (AvgIpc) is 3.18. The second-order valence-corrected chi connectivity index (χ2v) is 7.00. The van der Waals surface area contributed by atoms with E-state index in [0.29, 0.717) is 11.4 Å². The Bertz CT molecular complexity index is 544. The number of aliphatic hydroxyl groups excluding tert-OH is 1. The quantitative estimate of drug-likeness (QED) is 0.875. The highest BCUT2D eigenvalue weighted by atomic mass is 16.6. The summed E-state index contributed by atoms with van der Waals surface area (Å²) in [5, 5.41) is 12.1. The third kappa shape index (κ3) is 4.37. The topological polar surface area (TPSA) is 67.8 Å². The van der Waals surface area contributed by atoms with Gasteiger partial charge in [-0.25, -0.2) is 4.79 Å². The van der Waals surface area contributed by atoms with E-state index in [1.54, 1.807) is 7.11 Å². The average molecular weight is 307 g/mol. The number of methoxy groups -OCH3 is 1. The van der Waals surface area contributed by atoms with Crippen LogP contribution < -0.4 is 10.1 Å². The van der Waals surface area contributed by atoms with Crippen LogP contribution in [0.4, 0.5) is 10.5 Å². The fourth-order valence-corrected chi connectivity index (χ4v) is 2.36. The first-order chi connectivity index (χ1) is 10.3. The molecule has 0 aromatic heterocycles. The third-order valence-electron chi connectivity index (χ3n) is 3.77. The number of amides is 1. The van der Waals surface area contributed by atoms with Crippen LogP contribution in [0.25, 0.3) is 0 Å². The molecule has 1 aromatic rings. The molecule has 0 unspecified atom stereocenters. The molecule has 0 saturated heterocycles. The number of carbonyl (C=O) groups excluding carboxylic acids is 1. The van der Waals surface area contributed by atoms with Gasteiger partial charge in [0.05, 0.1) is 12.8 Å². The first-order valence-electron chi connectivity index (χ1n) is 7.55. The number of rotatable bonds is 5. The van der Waals surface area contributed by atoms with E-state index in [-0.39, 0.29) is 12.0 Å². The zero-order chi connectivity index (χ0) is 16.4. The number of carbonyl (C=O) groups is 1. The molecule has 5 nitrogen and oxygen atoms in total. The van der Waals surface area contributed by atoms with Crippen LogP contribution in [0.3, 0.4) is 0 Å². The van der Waals surface area contributed by atoms with E-state index >= 15 is 0 Å². The van der Waals surface area contributed by atoms with Crippen molar-refractivity contribution < 1.29 is 19.4 Å². The van der Waals surface area contributed by atoms with Crippen molar-refractivity contribution in [2.45, 2.75) is 45.6 Å². The summed E-state index contributed by atoms with van der Waals surface area (Å²) in [7, 11) is 1.57. The van der Waals surface area contributed by atoms with Gasteiger partial charge in [-0.2, -0.15) is 0 Å². The molecule has 0 radical (unpaired) electrons. The summed E-state index contributed by atoms with van der Waals surface area (Å²) < 4.78 is 10.6. The van der Waals surface area contributed by atoms with Crippen molar-refractivity contribution in [3.63, 3.8) is 0 Å². The summed E-state index contributed by atoms with van der Waals surface area (Å²) in [5.41, 5.74) is 1.18. The molecular weight excluding hydrogens is 282 g/mol. The van der Waals surface area contributed by atoms with E-state index in [2.05, 4.69) is 5.32 Å². The zero-order valence-electron chi connectivity index (χ0n) is 13.7. The summed E-state index contributed by atoms with van der Waals surface area (Å²) in [6.07, 6.45) is 2.44. The van der Waals surface area contributed by atoms with E-state index in [1.165, 1.54) is 0 Å². The van der Waals surface area contributed by atoms with Crippen molar-refractivity contribution in [1.82, 2.24) is 0 Å². The molecule has 122 valence electrons.